The summed E-state index contributed by atoms with van der Waals surface area (Å²) in [7, 11) is 4.83. The molecule has 0 radical (unpaired) electrons. The summed E-state index contributed by atoms with van der Waals surface area (Å²) in [6, 6.07) is 0. The second-order valence-electron chi connectivity index (χ2n) is 1.45. The Morgan fingerprint density at radius 3 is 2.38 bits per heavy atom. The summed E-state index contributed by atoms with van der Waals surface area (Å²) in [5.41, 5.74) is 0. The molecule has 1 aliphatic rings. The Bertz CT molecular complexity index is 70.4. The third-order valence-corrected chi connectivity index (χ3v) is 0.903. The Morgan fingerprint density at radius 2 is 2.25 bits per heavy atom. The van der Waals surface area contributed by atoms with Crippen molar-refractivity contribution in [3.8, 4) is 0 Å². The van der Waals surface area contributed by atoms with Gasteiger partial charge in [0.05, 0.1) is 0 Å². The Hall–Kier alpha value is 0.695. The molecule has 0 aliphatic carbocycles. The predicted octanol–water partition coefficient (Wildman–Crippen LogP) is 0.583. The SMILES string of the molecule is O=C1CCCN1.[Cl][Hg]. The summed E-state index contributed by atoms with van der Waals surface area (Å²) in [5, 5.41) is 2.68. The van der Waals surface area contributed by atoms with Gasteiger partial charge in [-0.05, 0) is 6.42 Å². The molecule has 8 heavy (non-hydrogen) atoms. The summed E-state index contributed by atoms with van der Waals surface area (Å²) in [6.45, 7) is 0.888. The van der Waals surface area contributed by atoms with Crippen molar-refractivity contribution in [1.29, 1.82) is 0 Å². The zero-order chi connectivity index (χ0) is 6.41. The van der Waals surface area contributed by atoms with E-state index < -0.39 is 0 Å². The standard InChI is InChI=1S/C4H7NO.ClH.Hg/c6-4-2-1-3-5-4;;/h1-3H2,(H,5,6);1H;/q;;+1/p-1. The third-order valence-electron chi connectivity index (χ3n) is 0.903. The van der Waals surface area contributed by atoms with Gasteiger partial charge in [-0.1, -0.05) is 0 Å². The number of hydrogen-bond donors (Lipinski definition) is 1. The Labute approximate surface area is 68.4 Å². The second kappa shape index (κ2) is 5.83. The molecular weight excluding hydrogens is 314 g/mol. The molecule has 2 nitrogen and oxygen atoms in total. The summed E-state index contributed by atoms with van der Waals surface area (Å²) < 4.78 is 0. The van der Waals surface area contributed by atoms with E-state index in [-0.39, 0.29) is 5.91 Å². The van der Waals surface area contributed by atoms with Crippen LogP contribution in [0.25, 0.3) is 0 Å². The second-order valence-corrected chi connectivity index (χ2v) is 1.45. The van der Waals surface area contributed by atoms with E-state index in [2.05, 4.69) is 5.32 Å². The normalized spacial score (nSPS) is 16.6. The molecule has 1 amide bonds. The van der Waals surface area contributed by atoms with Gasteiger partial charge in [0.25, 0.3) is 0 Å². The van der Waals surface area contributed by atoms with Crippen molar-refractivity contribution in [3.05, 3.63) is 0 Å². The van der Waals surface area contributed by atoms with Gasteiger partial charge < -0.3 is 5.32 Å². The van der Waals surface area contributed by atoms with Gasteiger partial charge in [0, 0.05) is 13.0 Å². The Morgan fingerprint density at radius 1 is 1.62 bits per heavy atom. The van der Waals surface area contributed by atoms with Gasteiger partial charge in [0.15, 0.2) is 0 Å². The number of amides is 1. The minimum absolute atomic E-state index is 0.204. The Kier molecular flexibility index (Phi) is 6.33. The van der Waals surface area contributed by atoms with Crippen LogP contribution in [0.3, 0.4) is 0 Å². The molecule has 0 saturated carbocycles. The van der Waals surface area contributed by atoms with Crippen LogP contribution in [0.15, 0.2) is 0 Å². The molecule has 1 N–H and O–H groups in total. The number of rotatable bonds is 0. The molecule has 1 fully saturated rings. The maximum atomic E-state index is 10.1. The summed E-state index contributed by atoms with van der Waals surface area (Å²) >= 11 is 0.500. The van der Waals surface area contributed by atoms with E-state index in [1.165, 1.54) is 0 Å². The zero-order valence-corrected chi connectivity index (χ0v) is 10.9. The van der Waals surface area contributed by atoms with Crippen molar-refractivity contribution in [2.75, 3.05) is 6.54 Å². The van der Waals surface area contributed by atoms with Crippen LogP contribution in [0.2, 0.25) is 0 Å². The quantitative estimate of drug-likeness (QED) is 0.650. The van der Waals surface area contributed by atoms with Crippen molar-refractivity contribution in [1.82, 2.24) is 5.32 Å². The Balaban J connectivity index is 0.000000222. The molecule has 4 heteroatoms. The first-order valence-corrected chi connectivity index (χ1v) is 9.20. The van der Waals surface area contributed by atoms with Crippen molar-refractivity contribution in [2.45, 2.75) is 12.8 Å². The number of nitrogens with one attached hydrogen (secondary N) is 1. The topological polar surface area (TPSA) is 29.1 Å². The molecule has 1 saturated heterocycles. The van der Waals surface area contributed by atoms with E-state index in [0.29, 0.717) is 24.9 Å². The molecule has 0 atom stereocenters. The summed E-state index contributed by atoms with van der Waals surface area (Å²) in [4.78, 5) is 10.1. The summed E-state index contributed by atoms with van der Waals surface area (Å²) in [5.74, 6) is 0.204. The molecule has 0 aromatic heterocycles. The van der Waals surface area contributed by atoms with E-state index in [4.69, 9.17) is 8.25 Å². The molecule has 0 aromatic carbocycles. The van der Waals surface area contributed by atoms with Crippen LogP contribution >= 0.6 is 8.25 Å². The van der Waals surface area contributed by atoms with Crippen LogP contribution < -0.4 is 5.32 Å². The number of halogens is 1. The maximum absolute atomic E-state index is 10.1. The average molecular weight is 321 g/mol. The first-order chi connectivity index (χ1) is 3.89. The van der Waals surface area contributed by atoms with Crippen LogP contribution in [0.1, 0.15) is 12.8 Å². The first kappa shape index (κ1) is 8.70. The molecule has 0 spiro atoms. The van der Waals surface area contributed by atoms with Gasteiger partial charge in [0.1, 0.15) is 0 Å². The predicted molar refractivity (Wildman–Crippen MR) is 28.1 cm³/mol. The fraction of sp³-hybridized carbons (Fsp3) is 0.750. The third kappa shape index (κ3) is 3.67. The van der Waals surface area contributed by atoms with Crippen LogP contribution in [0, 0.1) is 0 Å². The van der Waals surface area contributed by atoms with Crippen molar-refractivity contribution in [3.63, 3.8) is 0 Å². The van der Waals surface area contributed by atoms with E-state index in [1.54, 1.807) is 0 Å². The fourth-order valence-electron chi connectivity index (χ4n) is 0.565. The molecule has 1 rings (SSSR count). The average Bonchev–Trinajstić information content (AvgIpc) is 2.24. The van der Waals surface area contributed by atoms with Gasteiger partial charge in [0.2, 0.25) is 5.91 Å². The monoisotopic (exact) mass is 322 g/mol. The number of carbonyl (C=O) groups excluding carboxylic acids is 1. The molecule has 0 bridgehead atoms. The zero-order valence-electron chi connectivity index (χ0n) is 4.61. The fourth-order valence-corrected chi connectivity index (χ4v) is 0.565. The summed E-state index contributed by atoms with van der Waals surface area (Å²) in [6.07, 6.45) is 1.76. The van der Waals surface area contributed by atoms with Crippen molar-refractivity contribution >= 4 is 14.2 Å². The van der Waals surface area contributed by atoms with Crippen molar-refractivity contribution in [2.24, 2.45) is 0 Å². The van der Waals surface area contributed by atoms with Gasteiger partial charge in [-0.3, -0.25) is 4.79 Å². The van der Waals surface area contributed by atoms with Crippen LogP contribution in [-0.4, -0.2) is 12.5 Å². The number of hydrogen-bond acceptors (Lipinski definition) is 1. The van der Waals surface area contributed by atoms with Crippen LogP contribution in [-0.2, 0) is 29.7 Å². The van der Waals surface area contributed by atoms with Gasteiger partial charge >= 0.3 is 33.1 Å². The van der Waals surface area contributed by atoms with Crippen molar-refractivity contribution < 1.29 is 29.7 Å². The van der Waals surface area contributed by atoms with Gasteiger partial charge in [-0.15, -0.1) is 0 Å². The van der Waals surface area contributed by atoms with Crippen LogP contribution in [0.4, 0.5) is 0 Å². The number of carbonyl (C=O) groups is 1. The van der Waals surface area contributed by atoms with Gasteiger partial charge in [-0.25, -0.2) is 0 Å². The molecule has 1 heterocycles. The van der Waals surface area contributed by atoms with E-state index in [1.807, 2.05) is 0 Å². The van der Waals surface area contributed by atoms with E-state index >= 15 is 0 Å². The van der Waals surface area contributed by atoms with Crippen LogP contribution in [0.5, 0.6) is 0 Å². The molecule has 43 valence electrons. The van der Waals surface area contributed by atoms with Gasteiger partial charge in [-0.2, -0.15) is 0 Å². The molecular formula is C4H7ClHgNO. The molecule has 1 aliphatic heterocycles. The first-order valence-electron chi connectivity index (χ1n) is 2.43. The molecule has 0 unspecified atom stereocenters. The van der Waals surface area contributed by atoms with E-state index in [9.17, 15) is 4.79 Å². The van der Waals surface area contributed by atoms with E-state index in [0.717, 1.165) is 19.4 Å². The molecule has 0 aromatic rings. The minimum atomic E-state index is 0.204.